The molecule has 0 unspecified atom stereocenters. The van der Waals surface area contributed by atoms with Crippen LogP contribution in [0.25, 0.3) is 6.08 Å². The van der Waals surface area contributed by atoms with E-state index in [9.17, 15) is 14.9 Å². The van der Waals surface area contributed by atoms with E-state index in [-0.39, 0.29) is 18.0 Å². The van der Waals surface area contributed by atoms with Gasteiger partial charge in [-0.3, -0.25) is 10.1 Å². The van der Waals surface area contributed by atoms with E-state index < -0.39 is 10.9 Å². The van der Waals surface area contributed by atoms with Crippen molar-refractivity contribution < 1.29 is 19.6 Å². The van der Waals surface area contributed by atoms with Crippen molar-refractivity contribution in [1.29, 1.82) is 0 Å². The SMILES string of the molecule is C=CCOc1ccc(/C=C\C(=O)O)cc1[N+](=O)[O-]. The van der Waals surface area contributed by atoms with Crippen LogP contribution in [0.4, 0.5) is 5.69 Å². The lowest BCUT2D eigenvalue weighted by atomic mass is 10.1. The van der Waals surface area contributed by atoms with E-state index in [0.29, 0.717) is 5.56 Å². The first kappa shape index (κ1) is 13.4. The largest absolute Gasteiger partial charge is 0.483 e. The van der Waals surface area contributed by atoms with Gasteiger partial charge < -0.3 is 9.84 Å². The third-order valence-electron chi connectivity index (χ3n) is 1.95. The lowest BCUT2D eigenvalue weighted by Crippen LogP contribution is -1.98. The van der Waals surface area contributed by atoms with Gasteiger partial charge in [-0.1, -0.05) is 18.7 Å². The van der Waals surface area contributed by atoms with Gasteiger partial charge >= 0.3 is 11.7 Å². The number of hydrogen-bond donors (Lipinski definition) is 1. The summed E-state index contributed by atoms with van der Waals surface area (Å²) in [7, 11) is 0. The van der Waals surface area contributed by atoms with Crippen LogP contribution in [0.15, 0.2) is 36.9 Å². The van der Waals surface area contributed by atoms with Crippen molar-refractivity contribution in [3.05, 3.63) is 52.6 Å². The van der Waals surface area contributed by atoms with E-state index in [0.717, 1.165) is 6.08 Å². The molecule has 0 radical (unpaired) electrons. The summed E-state index contributed by atoms with van der Waals surface area (Å²) in [6.07, 6.45) is 3.65. The van der Waals surface area contributed by atoms with Gasteiger partial charge in [0.15, 0.2) is 5.75 Å². The summed E-state index contributed by atoms with van der Waals surface area (Å²) in [6, 6.07) is 4.20. The smallest absolute Gasteiger partial charge is 0.328 e. The molecular formula is C12H11NO5. The van der Waals surface area contributed by atoms with Crippen LogP contribution in [0, 0.1) is 10.1 Å². The van der Waals surface area contributed by atoms with Gasteiger partial charge in [-0.25, -0.2) is 4.79 Å². The Bertz CT molecular complexity index is 507. The first-order valence-electron chi connectivity index (χ1n) is 4.97. The minimum atomic E-state index is -1.12. The molecule has 0 aliphatic carbocycles. The Morgan fingerprint density at radius 3 is 2.83 bits per heavy atom. The van der Waals surface area contributed by atoms with Crippen LogP contribution in [0.5, 0.6) is 5.75 Å². The molecule has 0 bridgehead atoms. The highest BCUT2D eigenvalue weighted by atomic mass is 16.6. The maximum absolute atomic E-state index is 10.8. The number of rotatable bonds is 6. The highest BCUT2D eigenvalue weighted by Gasteiger charge is 2.14. The molecule has 6 heteroatoms. The minimum absolute atomic E-state index is 0.118. The van der Waals surface area contributed by atoms with Crippen LogP contribution >= 0.6 is 0 Å². The first-order valence-corrected chi connectivity index (χ1v) is 4.97. The molecule has 0 saturated heterocycles. The summed E-state index contributed by atoms with van der Waals surface area (Å²) in [6.45, 7) is 3.60. The van der Waals surface area contributed by atoms with Crippen LogP contribution in [-0.4, -0.2) is 22.6 Å². The van der Waals surface area contributed by atoms with Gasteiger partial charge in [-0.2, -0.15) is 0 Å². The average Bonchev–Trinajstić information content (AvgIpc) is 2.34. The number of nitro benzene ring substituents is 1. The zero-order chi connectivity index (χ0) is 13.5. The predicted octanol–water partition coefficient (Wildman–Crippen LogP) is 2.26. The van der Waals surface area contributed by atoms with Crippen molar-refractivity contribution in [3.63, 3.8) is 0 Å². The Labute approximate surface area is 103 Å². The van der Waals surface area contributed by atoms with Crippen molar-refractivity contribution in [1.82, 2.24) is 0 Å². The molecule has 1 aromatic rings. The number of aliphatic carboxylic acids is 1. The molecule has 0 aromatic heterocycles. The minimum Gasteiger partial charge on any atom is -0.483 e. The highest BCUT2D eigenvalue weighted by molar-refractivity contribution is 5.85. The summed E-state index contributed by atoms with van der Waals surface area (Å²) < 4.78 is 5.13. The molecule has 1 aromatic carbocycles. The molecule has 0 aliphatic rings. The van der Waals surface area contributed by atoms with Crippen LogP contribution in [-0.2, 0) is 4.79 Å². The lowest BCUT2D eigenvalue weighted by molar-refractivity contribution is -0.385. The quantitative estimate of drug-likeness (QED) is 0.361. The van der Waals surface area contributed by atoms with Gasteiger partial charge in [0.05, 0.1) is 4.92 Å². The van der Waals surface area contributed by atoms with Crippen molar-refractivity contribution in [2.24, 2.45) is 0 Å². The van der Waals surface area contributed by atoms with Crippen molar-refractivity contribution in [2.75, 3.05) is 6.61 Å². The van der Waals surface area contributed by atoms with E-state index in [1.165, 1.54) is 30.4 Å². The summed E-state index contributed by atoms with van der Waals surface area (Å²) in [5.74, 6) is -1.00. The normalized spacial score (nSPS) is 10.2. The van der Waals surface area contributed by atoms with E-state index in [1.54, 1.807) is 0 Å². The molecular weight excluding hydrogens is 238 g/mol. The molecule has 0 atom stereocenters. The second kappa shape index (κ2) is 6.19. The van der Waals surface area contributed by atoms with Gasteiger partial charge in [-0.15, -0.1) is 0 Å². The van der Waals surface area contributed by atoms with Crippen molar-refractivity contribution in [3.8, 4) is 5.75 Å². The summed E-state index contributed by atoms with van der Waals surface area (Å²) in [4.78, 5) is 20.6. The van der Waals surface area contributed by atoms with Crippen LogP contribution in [0.3, 0.4) is 0 Å². The van der Waals surface area contributed by atoms with Gasteiger partial charge in [0.1, 0.15) is 6.61 Å². The van der Waals surface area contributed by atoms with Crippen LogP contribution in [0.1, 0.15) is 5.56 Å². The molecule has 0 saturated carbocycles. The first-order chi connectivity index (χ1) is 8.54. The Balaban J connectivity index is 3.06. The van der Waals surface area contributed by atoms with Gasteiger partial charge in [0, 0.05) is 12.1 Å². The molecule has 18 heavy (non-hydrogen) atoms. The topological polar surface area (TPSA) is 89.7 Å². The Hall–Kier alpha value is -2.63. The third-order valence-corrected chi connectivity index (χ3v) is 1.95. The Morgan fingerprint density at radius 2 is 2.28 bits per heavy atom. The van der Waals surface area contributed by atoms with E-state index in [2.05, 4.69) is 6.58 Å². The number of carboxylic acids is 1. The fourth-order valence-electron chi connectivity index (χ4n) is 1.22. The lowest BCUT2D eigenvalue weighted by Gasteiger charge is -2.04. The third kappa shape index (κ3) is 3.75. The maximum atomic E-state index is 10.8. The molecule has 1 rings (SSSR count). The second-order valence-corrected chi connectivity index (χ2v) is 3.26. The molecule has 0 aliphatic heterocycles. The van der Waals surface area contributed by atoms with Crippen LogP contribution in [0.2, 0.25) is 0 Å². The predicted molar refractivity (Wildman–Crippen MR) is 65.5 cm³/mol. The fourth-order valence-corrected chi connectivity index (χ4v) is 1.22. The summed E-state index contributed by atoms with van der Waals surface area (Å²) >= 11 is 0. The zero-order valence-electron chi connectivity index (χ0n) is 9.41. The van der Waals surface area contributed by atoms with E-state index in [4.69, 9.17) is 9.84 Å². The maximum Gasteiger partial charge on any atom is 0.328 e. The second-order valence-electron chi connectivity index (χ2n) is 3.26. The summed E-state index contributed by atoms with van der Waals surface area (Å²) in [5.41, 5.74) is 0.194. The zero-order valence-corrected chi connectivity index (χ0v) is 9.41. The van der Waals surface area contributed by atoms with E-state index >= 15 is 0 Å². The number of carbonyl (C=O) groups is 1. The molecule has 94 valence electrons. The monoisotopic (exact) mass is 249 g/mol. The molecule has 0 fully saturated rings. The Kier molecular flexibility index (Phi) is 4.62. The number of nitrogens with zero attached hydrogens (tertiary/aromatic N) is 1. The van der Waals surface area contributed by atoms with E-state index in [1.807, 2.05) is 0 Å². The average molecular weight is 249 g/mol. The van der Waals surface area contributed by atoms with Crippen LogP contribution < -0.4 is 4.74 Å². The molecule has 6 nitrogen and oxygen atoms in total. The number of carboxylic acid groups (broad SMARTS) is 1. The van der Waals surface area contributed by atoms with Gasteiger partial charge in [-0.05, 0) is 17.7 Å². The molecule has 0 spiro atoms. The highest BCUT2D eigenvalue weighted by Crippen LogP contribution is 2.28. The number of ether oxygens (including phenoxy) is 1. The van der Waals surface area contributed by atoms with Crippen molar-refractivity contribution >= 4 is 17.7 Å². The van der Waals surface area contributed by atoms with Crippen molar-refractivity contribution in [2.45, 2.75) is 0 Å². The molecule has 0 heterocycles. The van der Waals surface area contributed by atoms with Gasteiger partial charge in [0.25, 0.3) is 0 Å². The fraction of sp³-hybridized carbons (Fsp3) is 0.0833. The van der Waals surface area contributed by atoms with Gasteiger partial charge in [0.2, 0.25) is 0 Å². The molecule has 0 amide bonds. The summed E-state index contributed by atoms with van der Waals surface area (Å²) in [5, 5.41) is 19.3. The number of hydrogen-bond acceptors (Lipinski definition) is 4. The standard InChI is InChI=1S/C12H11NO5/c1-2-7-18-11-5-3-9(4-6-12(14)15)8-10(11)13(16)17/h2-6,8H,1,7H2,(H,14,15)/b6-4-. The number of nitro groups is 1. The number of benzene rings is 1. The molecule has 1 N–H and O–H groups in total. The Morgan fingerprint density at radius 1 is 1.56 bits per heavy atom.